The largest absolute Gasteiger partial charge is 0.443 e. The fourth-order valence-electron chi connectivity index (χ4n) is 1.99. The average molecular weight is 391 g/mol. The van der Waals surface area contributed by atoms with Crippen molar-refractivity contribution in [2.24, 2.45) is 0 Å². The second-order valence-corrected chi connectivity index (χ2v) is 3.72. The number of hydrogen-bond acceptors (Lipinski definition) is 2. The van der Waals surface area contributed by atoms with Crippen LogP contribution in [-0.2, 0) is 21.1 Å². The van der Waals surface area contributed by atoms with Crippen molar-refractivity contribution >= 4 is 21.9 Å². The summed E-state index contributed by atoms with van der Waals surface area (Å²) in [4.78, 5) is 12.9. The number of imidazole rings is 1. The minimum absolute atomic E-state index is 0. The molecule has 0 atom stereocenters. The Morgan fingerprint density at radius 3 is 2.69 bits per heavy atom. The Morgan fingerprint density at radius 2 is 1.88 bits per heavy atom. The Bertz CT molecular complexity index is 658. The standard InChI is InChI=1S/C12H10N3.Pt/c1-7-8(2)10-12(15-6-14-10)11-9(7)4-3-5-13-11;/h3-6H,1-2H3;/q-1;. The molecule has 16 heavy (non-hydrogen) atoms. The van der Waals surface area contributed by atoms with Crippen molar-refractivity contribution in [3.63, 3.8) is 0 Å². The number of rotatable bonds is 0. The zero-order valence-electron chi connectivity index (χ0n) is 8.97. The predicted molar refractivity (Wildman–Crippen MR) is 59.8 cm³/mol. The van der Waals surface area contributed by atoms with E-state index >= 15 is 0 Å². The van der Waals surface area contributed by atoms with Crippen molar-refractivity contribution in [1.29, 1.82) is 0 Å². The third-order valence-corrected chi connectivity index (χ3v) is 2.95. The molecule has 0 N–H and O–H groups in total. The molecule has 1 aromatic carbocycles. The van der Waals surface area contributed by atoms with Gasteiger partial charge < -0.3 is 9.97 Å². The van der Waals surface area contributed by atoms with Crippen LogP contribution in [0.15, 0.2) is 24.7 Å². The van der Waals surface area contributed by atoms with Gasteiger partial charge >= 0.3 is 0 Å². The summed E-state index contributed by atoms with van der Waals surface area (Å²) < 4.78 is 0. The molecule has 0 saturated carbocycles. The van der Waals surface area contributed by atoms with Crippen molar-refractivity contribution in [2.45, 2.75) is 13.8 Å². The summed E-state index contributed by atoms with van der Waals surface area (Å²) in [5.74, 6) is 0. The summed E-state index contributed by atoms with van der Waals surface area (Å²) >= 11 is 0. The molecule has 0 unspecified atom stereocenters. The maximum atomic E-state index is 4.38. The van der Waals surface area contributed by atoms with E-state index in [0.29, 0.717) is 0 Å². The van der Waals surface area contributed by atoms with Gasteiger partial charge in [-0.1, -0.05) is 12.4 Å². The normalized spacial score (nSPS) is 10.6. The first-order valence-electron chi connectivity index (χ1n) is 4.90. The Labute approximate surface area is 108 Å². The Hall–Kier alpha value is -1.21. The van der Waals surface area contributed by atoms with Gasteiger partial charge in [0, 0.05) is 32.6 Å². The Morgan fingerprint density at radius 1 is 1.06 bits per heavy atom. The van der Waals surface area contributed by atoms with Crippen LogP contribution < -0.4 is 4.98 Å². The molecule has 4 heteroatoms. The van der Waals surface area contributed by atoms with Crippen molar-refractivity contribution in [2.75, 3.05) is 0 Å². The molecule has 0 aliphatic heterocycles. The van der Waals surface area contributed by atoms with E-state index in [1.807, 2.05) is 6.07 Å². The third-order valence-electron chi connectivity index (χ3n) is 2.95. The molecule has 0 radical (unpaired) electrons. The van der Waals surface area contributed by atoms with Gasteiger partial charge in [-0.2, -0.15) is 0 Å². The van der Waals surface area contributed by atoms with Crippen molar-refractivity contribution in [1.82, 2.24) is 15.0 Å². The zero-order chi connectivity index (χ0) is 10.4. The van der Waals surface area contributed by atoms with Crippen LogP contribution in [0.25, 0.3) is 21.9 Å². The minimum atomic E-state index is 0. The van der Waals surface area contributed by atoms with E-state index in [1.54, 1.807) is 12.5 Å². The van der Waals surface area contributed by atoms with Gasteiger partial charge in [0.05, 0.1) is 5.52 Å². The molecule has 3 aromatic rings. The summed E-state index contributed by atoms with van der Waals surface area (Å²) in [7, 11) is 0. The number of nitrogens with zero attached hydrogens (tertiary/aromatic N) is 3. The number of hydrogen-bond donors (Lipinski definition) is 0. The van der Waals surface area contributed by atoms with Gasteiger partial charge in [-0.25, -0.2) is 0 Å². The van der Waals surface area contributed by atoms with Gasteiger partial charge in [0.1, 0.15) is 0 Å². The van der Waals surface area contributed by atoms with Crippen LogP contribution in [0.1, 0.15) is 11.1 Å². The van der Waals surface area contributed by atoms with Gasteiger partial charge in [0.15, 0.2) is 0 Å². The number of pyridine rings is 1. The van der Waals surface area contributed by atoms with Crippen molar-refractivity contribution in [3.8, 4) is 0 Å². The van der Waals surface area contributed by atoms with Gasteiger partial charge in [-0.05, 0) is 42.1 Å². The quantitative estimate of drug-likeness (QED) is 0.591. The fraction of sp³-hybridized carbons (Fsp3) is 0.167. The van der Waals surface area contributed by atoms with E-state index in [4.69, 9.17) is 0 Å². The fourth-order valence-corrected chi connectivity index (χ4v) is 1.99. The number of fused-ring (bicyclic) bond motifs is 3. The van der Waals surface area contributed by atoms with Crippen LogP contribution in [0.4, 0.5) is 0 Å². The maximum Gasteiger partial charge on any atom is 0.0739 e. The van der Waals surface area contributed by atoms with E-state index in [1.165, 1.54) is 16.5 Å². The van der Waals surface area contributed by atoms with Crippen LogP contribution in [0.3, 0.4) is 0 Å². The van der Waals surface area contributed by atoms with E-state index < -0.39 is 0 Å². The molecule has 0 fully saturated rings. The summed E-state index contributed by atoms with van der Waals surface area (Å²) in [6, 6.07) is 4.04. The van der Waals surface area contributed by atoms with E-state index in [-0.39, 0.29) is 21.1 Å². The molecule has 3 nitrogen and oxygen atoms in total. The van der Waals surface area contributed by atoms with E-state index in [9.17, 15) is 0 Å². The average Bonchev–Trinajstić information content (AvgIpc) is 2.75. The number of aryl methyl sites for hydroxylation is 2. The topological polar surface area (TPSA) is 39.9 Å². The van der Waals surface area contributed by atoms with Crippen LogP contribution in [-0.4, -0.2) is 9.97 Å². The van der Waals surface area contributed by atoms with Crippen molar-refractivity contribution < 1.29 is 21.1 Å². The van der Waals surface area contributed by atoms with E-state index in [0.717, 1.165) is 16.6 Å². The van der Waals surface area contributed by atoms with Gasteiger partial charge in [0.25, 0.3) is 0 Å². The minimum Gasteiger partial charge on any atom is -0.443 e. The molecule has 0 bridgehead atoms. The maximum absolute atomic E-state index is 4.38. The van der Waals surface area contributed by atoms with Crippen LogP contribution in [0, 0.1) is 13.8 Å². The predicted octanol–water partition coefficient (Wildman–Crippen LogP) is 2.35. The summed E-state index contributed by atoms with van der Waals surface area (Å²) in [6.45, 7) is 4.19. The summed E-state index contributed by atoms with van der Waals surface area (Å²) in [5, 5.41) is 1.17. The first-order chi connectivity index (χ1) is 7.29. The van der Waals surface area contributed by atoms with Crippen LogP contribution in [0.5, 0.6) is 0 Å². The SMILES string of the molecule is Cc1c(C)c2nc[n-]c2c2ncccc12.[Pt]. The molecule has 84 valence electrons. The smallest absolute Gasteiger partial charge is 0.0739 e. The first kappa shape index (κ1) is 11.3. The molecule has 3 rings (SSSR count). The molecule has 0 aliphatic carbocycles. The Kier molecular flexibility index (Phi) is 2.81. The second-order valence-electron chi connectivity index (χ2n) is 3.72. The molecular weight excluding hydrogens is 381 g/mol. The van der Waals surface area contributed by atoms with Gasteiger partial charge in [-0.3, -0.25) is 4.98 Å². The monoisotopic (exact) mass is 391 g/mol. The molecular formula is C12H10N3Pt-. The second kappa shape index (κ2) is 3.98. The van der Waals surface area contributed by atoms with Gasteiger partial charge in [0.2, 0.25) is 0 Å². The van der Waals surface area contributed by atoms with Crippen molar-refractivity contribution in [3.05, 3.63) is 35.8 Å². The molecule has 2 aromatic heterocycles. The number of aromatic nitrogens is 3. The summed E-state index contributed by atoms with van der Waals surface area (Å²) in [6.07, 6.45) is 3.40. The molecule has 0 spiro atoms. The van der Waals surface area contributed by atoms with Crippen LogP contribution >= 0.6 is 0 Å². The van der Waals surface area contributed by atoms with Crippen LogP contribution in [0.2, 0.25) is 0 Å². The zero-order valence-corrected chi connectivity index (χ0v) is 11.2. The third kappa shape index (κ3) is 1.39. The first-order valence-corrected chi connectivity index (χ1v) is 4.90. The summed E-state index contributed by atoms with van der Waals surface area (Å²) in [5.41, 5.74) is 5.27. The Balaban J connectivity index is 0.000000963. The number of benzene rings is 1. The molecule has 0 amide bonds. The van der Waals surface area contributed by atoms with E-state index in [2.05, 4.69) is 34.9 Å². The van der Waals surface area contributed by atoms with Gasteiger partial charge in [-0.15, -0.1) is 0 Å². The molecule has 0 saturated heterocycles. The molecule has 2 heterocycles. The molecule has 0 aliphatic rings.